The molecule has 0 radical (unpaired) electrons. The molecular formula is C12H22O2. The minimum absolute atomic E-state index is 0.0135. The molecule has 0 saturated heterocycles. The lowest BCUT2D eigenvalue weighted by Gasteiger charge is -2.29. The van der Waals surface area contributed by atoms with E-state index in [1.807, 2.05) is 0 Å². The second-order valence-electron chi connectivity index (χ2n) is 4.37. The summed E-state index contributed by atoms with van der Waals surface area (Å²) in [4.78, 5) is 0. The van der Waals surface area contributed by atoms with Crippen molar-refractivity contribution >= 4 is 0 Å². The van der Waals surface area contributed by atoms with E-state index in [1.54, 1.807) is 0 Å². The molecule has 1 fully saturated rings. The van der Waals surface area contributed by atoms with Crippen LogP contribution in [0.1, 0.15) is 45.4 Å². The Morgan fingerprint density at radius 2 is 1.93 bits per heavy atom. The number of hydrogen-bond donors (Lipinski definition) is 2. The van der Waals surface area contributed by atoms with Gasteiger partial charge in [-0.2, -0.15) is 0 Å². The van der Waals surface area contributed by atoms with E-state index in [-0.39, 0.29) is 6.61 Å². The van der Waals surface area contributed by atoms with Crippen molar-refractivity contribution in [3.8, 4) is 0 Å². The maximum absolute atomic E-state index is 9.02. The fraction of sp³-hybridized carbons (Fsp3) is 0.833. The van der Waals surface area contributed by atoms with Crippen molar-refractivity contribution in [1.82, 2.24) is 0 Å². The number of aliphatic hydroxyl groups is 2. The van der Waals surface area contributed by atoms with Crippen LogP contribution in [0.2, 0.25) is 0 Å². The minimum Gasteiger partial charge on any atom is -0.516 e. The zero-order chi connectivity index (χ0) is 10.4. The summed E-state index contributed by atoms with van der Waals surface area (Å²) in [6.07, 6.45) is 8.51. The average Bonchev–Trinajstić information content (AvgIpc) is 2.23. The van der Waals surface area contributed by atoms with Gasteiger partial charge >= 0.3 is 0 Å². The molecule has 1 saturated carbocycles. The molecule has 0 aromatic heterocycles. The van der Waals surface area contributed by atoms with Gasteiger partial charge in [-0.3, -0.25) is 0 Å². The van der Waals surface area contributed by atoms with Crippen LogP contribution >= 0.6 is 0 Å². The first-order chi connectivity index (χ1) is 6.81. The summed E-state index contributed by atoms with van der Waals surface area (Å²) in [5, 5.41) is 17.9. The minimum atomic E-state index is 0.0135. The summed E-state index contributed by atoms with van der Waals surface area (Å²) in [5.74, 6) is 1.31. The summed E-state index contributed by atoms with van der Waals surface area (Å²) in [6, 6.07) is 0. The predicted molar refractivity (Wildman–Crippen MR) is 58.2 cm³/mol. The molecule has 1 rings (SSSR count). The normalized spacial score (nSPS) is 29.1. The van der Waals surface area contributed by atoms with Gasteiger partial charge < -0.3 is 10.2 Å². The molecule has 1 aliphatic rings. The second-order valence-corrected chi connectivity index (χ2v) is 4.37. The predicted octanol–water partition coefficient (Wildman–Crippen LogP) is 3.03. The maximum atomic E-state index is 9.02. The molecular weight excluding hydrogens is 176 g/mol. The lowest BCUT2D eigenvalue weighted by molar-refractivity contribution is 0.247. The Labute approximate surface area is 86.6 Å². The third kappa shape index (κ3) is 3.02. The van der Waals surface area contributed by atoms with Crippen LogP contribution in [0.25, 0.3) is 0 Å². The first-order valence-electron chi connectivity index (χ1n) is 5.75. The van der Waals surface area contributed by atoms with Gasteiger partial charge in [0.15, 0.2) is 0 Å². The second kappa shape index (κ2) is 6.07. The Bertz CT molecular complexity index is 179. The highest BCUT2D eigenvalue weighted by Gasteiger charge is 2.22. The van der Waals surface area contributed by atoms with E-state index in [9.17, 15) is 0 Å². The third-order valence-corrected chi connectivity index (χ3v) is 3.42. The van der Waals surface area contributed by atoms with Gasteiger partial charge in [-0.05, 0) is 43.1 Å². The summed E-state index contributed by atoms with van der Waals surface area (Å²) >= 11 is 0. The molecule has 14 heavy (non-hydrogen) atoms. The molecule has 0 aromatic rings. The Morgan fingerprint density at radius 3 is 2.36 bits per heavy atom. The van der Waals surface area contributed by atoms with Crippen LogP contribution in [0.3, 0.4) is 0 Å². The first-order valence-corrected chi connectivity index (χ1v) is 5.75. The number of hydrogen-bond acceptors (Lipinski definition) is 2. The highest BCUT2D eigenvalue weighted by atomic mass is 16.3. The van der Waals surface area contributed by atoms with Gasteiger partial charge in [0, 0.05) is 0 Å². The van der Waals surface area contributed by atoms with Crippen molar-refractivity contribution in [3.05, 3.63) is 11.8 Å². The number of rotatable bonds is 4. The van der Waals surface area contributed by atoms with E-state index in [0.717, 1.165) is 30.6 Å². The van der Waals surface area contributed by atoms with Gasteiger partial charge in [-0.25, -0.2) is 0 Å². The molecule has 0 atom stereocenters. The van der Waals surface area contributed by atoms with E-state index in [4.69, 9.17) is 10.2 Å². The zero-order valence-corrected chi connectivity index (χ0v) is 9.08. The quantitative estimate of drug-likeness (QED) is 0.682. The van der Waals surface area contributed by atoms with Crippen LogP contribution in [-0.4, -0.2) is 16.8 Å². The summed E-state index contributed by atoms with van der Waals surface area (Å²) in [6.45, 7) is 2.25. The highest BCUT2D eigenvalue weighted by Crippen LogP contribution is 2.34. The van der Waals surface area contributed by atoms with Crippen molar-refractivity contribution in [2.45, 2.75) is 45.4 Å². The fourth-order valence-corrected chi connectivity index (χ4v) is 2.51. The summed E-state index contributed by atoms with van der Waals surface area (Å²) in [5.41, 5.74) is 0.819. The van der Waals surface area contributed by atoms with Crippen molar-refractivity contribution in [2.24, 2.45) is 11.8 Å². The van der Waals surface area contributed by atoms with Crippen molar-refractivity contribution in [2.75, 3.05) is 6.61 Å². The van der Waals surface area contributed by atoms with Gasteiger partial charge in [0.25, 0.3) is 0 Å². The lowest BCUT2D eigenvalue weighted by atomic mass is 9.77. The first kappa shape index (κ1) is 11.6. The molecule has 0 spiro atoms. The molecule has 0 unspecified atom stereocenters. The van der Waals surface area contributed by atoms with E-state index in [1.165, 1.54) is 25.7 Å². The van der Waals surface area contributed by atoms with Crippen LogP contribution in [-0.2, 0) is 0 Å². The molecule has 0 amide bonds. The average molecular weight is 198 g/mol. The van der Waals surface area contributed by atoms with Gasteiger partial charge in [0.1, 0.15) is 0 Å². The lowest BCUT2D eigenvalue weighted by Crippen LogP contribution is -2.17. The van der Waals surface area contributed by atoms with E-state index < -0.39 is 0 Å². The van der Waals surface area contributed by atoms with Gasteiger partial charge in [-0.1, -0.05) is 19.8 Å². The molecule has 2 nitrogen and oxygen atoms in total. The Balaban J connectivity index is 2.35. The van der Waals surface area contributed by atoms with Gasteiger partial charge in [0.2, 0.25) is 0 Å². The Kier molecular flexibility index (Phi) is 5.02. The molecule has 0 bridgehead atoms. The standard InChI is InChI=1S/C12H22O2/c1-2-3-10-4-6-11(7-5-10)12(8-13)9-14/h8,10-11,13-14H,2-7,9H2,1H3/b12-8+. The summed E-state index contributed by atoms with van der Waals surface area (Å²) in [7, 11) is 0. The highest BCUT2D eigenvalue weighted by molar-refractivity contribution is 5.04. The Hall–Kier alpha value is -0.500. The van der Waals surface area contributed by atoms with Gasteiger partial charge in [-0.15, -0.1) is 0 Å². The van der Waals surface area contributed by atoms with Crippen LogP contribution in [0.15, 0.2) is 11.8 Å². The van der Waals surface area contributed by atoms with Crippen molar-refractivity contribution < 1.29 is 10.2 Å². The third-order valence-electron chi connectivity index (χ3n) is 3.42. The molecule has 1 aliphatic carbocycles. The van der Waals surface area contributed by atoms with Crippen LogP contribution in [0.5, 0.6) is 0 Å². The topological polar surface area (TPSA) is 40.5 Å². The molecule has 82 valence electrons. The molecule has 0 aliphatic heterocycles. The zero-order valence-electron chi connectivity index (χ0n) is 9.08. The van der Waals surface area contributed by atoms with Crippen molar-refractivity contribution in [3.63, 3.8) is 0 Å². The molecule has 0 heterocycles. The molecule has 0 aromatic carbocycles. The van der Waals surface area contributed by atoms with Crippen LogP contribution in [0.4, 0.5) is 0 Å². The molecule has 2 N–H and O–H groups in total. The van der Waals surface area contributed by atoms with E-state index in [0.29, 0.717) is 5.92 Å². The largest absolute Gasteiger partial charge is 0.516 e. The Morgan fingerprint density at radius 1 is 1.29 bits per heavy atom. The SMILES string of the molecule is CCCC1CCC(/C(=C/O)CO)CC1. The fourth-order valence-electron chi connectivity index (χ4n) is 2.51. The van der Waals surface area contributed by atoms with Crippen LogP contribution < -0.4 is 0 Å². The van der Waals surface area contributed by atoms with E-state index in [2.05, 4.69) is 6.92 Å². The maximum Gasteiger partial charge on any atom is 0.0809 e. The number of aliphatic hydroxyl groups excluding tert-OH is 2. The summed E-state index contributed by atoms with van der Waals surface area (Å²) < 4.78 is 0. The molecule has 2 heteroatoms. The monoisotopic (exact) mass is 198 g/mol. The van der Waals surface area contributed by atoms with Crippen molar-refractivity contribution in [1.29, 1.82) is 0 Å². The van der Waals surface area contributed by atoms with Gasteiger partial charge in [0.05, 0.1) is 12.9 Å². The van der Waals surface area contributed by atoms with E-state index >= 15 is 0 Å². The van der Waals surface area contributed by atoms with Crippen LogP contribution in [0, 0.1) is 11.8 Å². The smallest absolute Gasteiger partial charge is 0.0809 e.